The van der Waals surface area contributed by atoms with Crippen LogP contribution in [0.2, 0.25) is 0 Å². The first-order chi connectivity index (χ1) is 10.0. The second-order valence-corrected chi connectivity index (χ2v) is 5.74. The van der Waals surface area contributed by atoms with Crippen molar-refractivity contribution in [1.82, 2.24) is 4.98 Å². The lowest BCUT2D eigenvalue weighted by Gasteiger charge is -2.08. The van der Waals surface area contributed by atoms with Crippen molar-refractivity contribution in [2.75, 3.05) is 6.61 Å². The molecule has 0 atom stereocenters. The number of nitrogens with zero attached hydrogens (tertiary/aromatic N) is 1. The highest BCUT2D eigenvalue weighted by Gasteiger charge is 2.09. The molecule has 1 heterocycles. The zero-order valence-corrected chi connectivity index (χ0v) is 13.4. The van der Waals surface area contributed by atoms with E-state index in [0.29, 0.717) is 21.8 Å². The first-order valence-electron chi connectivity index (χ1n) is 6.03. The number of halogens is 1. The molecule has 0 aliphatic carbocycles. The van der Waals surface area contributed by atoms with Crippen molar-refractivity contribution < 1.29 is 19.7 Å². The summed E-state index contributed by atoms with van der Waals surface area (Å²) in [5.74, 6) is -0.606. The van der Waals surface area contributed by atoms with Gasteiger partial charge in [-0.05, 0) is 46.6 Å². The number of hydrogen-bond donors (Lipinski definition) is 2. The Morgan fingerprint density at radius 1 is 1.48 bits per heavy atom. The number of rotatable bonds is 5. The van der Waals surface area contributed by atoms with Gasteiger partial charge in [0, 0.05) is 5.38 Å². The number of aromatic hydroxyl groups is 1. The topological polar surface area (TPSA) is 79.7 Å². The van der Waals surface area contributed by atoms with E-state index < -0.39 is 5.97 Å². The highest BCUT2D eigenvalue weighted by atomic mass is 79.9. The van der Waals surface area contributed by atoms with E-state index in [-0.39, 0.29) is 11.4 Å². The third-order valence-corrected chi connectivity index (χ3v) is 3.92. The molecule has 0 saturated carbocycles. The molecule has 0 bridgehead atoms. The van der Waals surface area contributed by atoms with Crippen molar-refractivity contribution in [1.29, 1.82) is 0 Å². The second kappa shape index (κ2) is 6.73. The Morgan fingerprint density at radius 2 is 2.24 bits per heavy atom. The molecular weight excluding hydrogens is 358 g/mol. The fourth-order valence-corrected chi connectivity index (χ4v) is 2.73. The predicted molar refractivity (Wildman–Crippen MR) is 85.0 cm³/mol. The van der Waals surface area contributed by atoms with Crippen molar-refractivity contribution >= 4 is 45.4 Å². The lowest BCUT2D eigenvalue weighted by molar-refractivity contribution is 0.0691. The van der Waals surface area contributed by atoms with E-state index in [1.54, 1.807) is 24.3 Å². The highest BCUT2D eigenvalue weighted by Crippen LogP contribution is 2.36. The zero-order chi connectivity index (χ0) is 15.4. The molecule has 1 aromatic heterocycles. The van der Waals surface area contributed by atoms with Crippen LogP contribution in [0.4, 0.5) is 0 Å². The second-order valence-electron chi connectivity index (χ2n) is 3.99. The van der Waals surface area contributed by atoms with Gasteiger partial charge in [-0.1, -0.05) is 6.08 Å². The van der Waals surface area contributed by atoms with E-state index in [1.807, 2.05) is 6.92 Å². The molecule has 0 spiro atoms. The fourth-order valence-electron chi connectivity index (χ4n) is 1.59. The van der Waals surface area contributed by atoms with Crippen molar-refractivity contribution in [3.8, 4) is 11.5 Å². The van der Waals surface area contributed by atoms with Crippen LogP contribution in [0.3, 0.4) is 0 Å². The van der Waals surface area contributed by atoms with Crippen LogP contribution in [0.25, 0.3) is 12.2 Å². The quantitative estimate of drug-likeness (QED) is 0.835. The Bertz CT molecular complexity index is 696. The molecule has 1 aromatic carbocycles. The molecule has 0 amide bonds. The molecule has 0 aliphatic heterocycles. The lowest BCUT2D eigenvalue weighted by atomic mass is 10.2. The van der Waals surface area contributed by atoms with Crippen molar-refractivity contribution in [2.24, 2.45) is 0 Å². The Labute approximate surface area is 133 Å². The van der Waals surface area contributed by atoms with Gasteiger partial charge in [0.05, 0.1) is 11.1 Å². The summed E-state index contributed by atoms with van der Waals surface area (Å²) in [5.41, 5.74) is 0.830. The number of carboxylic acid groups (broad SMARTS) is 1. The normalized spacial score (nSPS) is 11.0. The summed E-state index contributed by atoms with van der Waals surface area (Å²) in [6.45, 7) is 2.28. The molecule has 21 heavy (non-hydrogen) atoms. The lowest BCUT2D eigenvalue weighted by Crippen LogP contribution is -1.95. The summed E-state index contributed by atoms with van der Waals surface area (Å²) in [4.78, 5) is 14.7. The Hall–Kier alpha value is -1.86. The van der Waals surface area contributed by atoms with Crippen LogP contribution in [0.15, 0.2) is 22.0 Å². The van der Waals surface area contributed by atoms with Crippen LogP contribution in [-0.4, -0.2) is 27.8 Å². The van der Waals surface area contributed by atoms with Gasteiger partial charge in [-0.25, -0.2) is 9.78 Å². The molecule has 0 aliphatic rings. The number of aromatic carboxylic acids is 1. The summed E-state index contributed by atoms with van der Waals surface area (Å²) < 4.78 is 5.87. The summed E-state index contributed by atoms with van der Waals surface area (Å²) in [7, 11) is 0. The van der Waals surface area contributed by atoms with Gasteiger partial charge in [0.2, 0.25) is 0 Å². The van der Waals surface area contributed by atoms with Gasteiger partial charge in [0.1, 0.15) is 5.01 Å². The maximum atomic E-state index is 10.8. The number of ether oxygens (including phenoxy) is 1. The number of thiazole rings is 1. The van der Waals surface area contributed by atoms with Gasteiger partial charge in [-0.2, -0.15) is 0 Å². The maximum Gasteiger partial charge on any atom is 0.355 e. The molecule has 2 aromatic rings. The van der Waals surface area contributed by atoms with Crippen molar-refractivity contribution in [2.45, 2.75) is 6.92 Å². The summed E-state index contributed by atoms with van der Waals surface area (Å²) >= 11 is 4.51. The number of hydrogen-bond acceptors (Lipinski definition) is 5. The molecule has 110 valence electrons. The monoisotopic (exact) mass is 369 g/mol. The zero-order valence-electron chi connectivity index (χ0n) is 11.0. The number of carbonyl (C=O) groups is 1. The van der Waals surface area contributed by atoms with Gasteiger partial charge in [0.15, 0.2) is 17.2 Å². The van der Waals surface area contributed by atoms with E-state index in [2.05, 4.69) is 20.9 Å². The van der Waals surface area contributed by atoms with Crippen LogP contribution in [-0.2, 0) is 0 Å². The standard InChI is InChI=1S/C14H12BrNO4S/c1-2-20-11-6-8(5-9(15)13(11)17)3-4-12-16-10(7-21-12)14(18)19/h3-7,17H,2H2,1H3,(H,18,19)/b4-3+. The molecule has 0 radical (unpaired) electrons. The summed E-state index contributed by atoms with van der Waals surface area (Å²) in [5, 5.41) is 20.7. The number of phenols is 1. The van der Waals surface area contributed by atoms with Crippen molar-refractivity contribution in [3.63, 3.8) is 0 Å². The highest BCUT2D eigenvalue weighted by molar-refractivity contribution is 9.10. The van der Waals surface area contributed by atoms with Gasteiger partial charge >= 0.3 is 5.97 Å². The number of aromatic nitrogens is 1. The van der Waals surface area contributed by atoms with Gasteiger partial charge in [-0.15, -0.1) is 11.3 Å². The van der Waals surface area contributed by atoms with Crippen LogP contribution < -0.4 is 4.74 Å². The van der Waals surface area contributed by atoms with Gasteiger partial charge < -0.3 is 14.9 Å². The molecule has 7 heteroatoms. The molecule has 0 saturated heterocycles. The maximum absolute atomic E-state index is 10.8. The Morgan fingerprint density at radius 3 is 2.86 bits per heavy atom. The third-order valence-electron chi connectivity index (χ3n) is 2.51. The van der Waals surface area contributed by atoms with Crippen LogP contribution in [0, 0.1) is 0 Å². The van der Waals surface area contributed by atoms with Crippen LogP contribution in [0.1, 0.15) is 28.0 Å². The van der Waals surface area contributed by atoms with Crippen LogP contribution >= 0.6 is 27.3 Å². The van der Waals surface area contributed by atoms with E-state index in [9.17, 15) is 9.90 Å². The largest absolute Gasteiger partial charge is 0.503 e. The SMILES string of the molecule is CCOc1cc(/C=C/c2nc(C(=O)O)cs2)cc(Br)c1O. The molecule has 5 nitrogen and oxygen atoms in total. The smallest absolute Gasteiger partial charge is 0.355 e. The minimum absolute atomic E-state index is 0.0292. The van der Waals surface area contributed by atoms with Crippen molar-refractivity contribution in [3.05, 3.63) is 38.3 Å². The van der Waals surface area contributed by atoms with E-state index in [0.717, 1.165) is 5.56 Å². The molecule has 0 fully saturated rings. The first-order valence-corrected chi connectivity index (χ1v) is 7.70. The summed E-state index contributed by atoms with van der Waals surface area (Å²) in [6, 6.07) is 3.44. The number of phenolic OH excluding ortho intramolecular Hbond substituents is 1. The van der Waals surface area contributed by atoms with Crippen LogP contribution in [0.5, 0.6) is 11.5 Å². The summed E-state index contributed by atoms with van der Waals surface area (Å²) in [6.07, 6.45) is 3.49. The first kappa shape index (κ1) is 15.5. The molecular formula is C14H12BrNO4S. The van der Waals surface area contributed by atoms with E-state index in [1.165, 1.54) is 16.7 Å². The molecule has 2 rings (SSSR count). The fraction of sp³-hybridized carbons (Fsp3) is 0.143. The Kier molecular flexibility index (Phi) is 4.98. The van der Waals surface area contributed by atoms with E-state index >= 15 is 0 Å². The van der Waals surface area contributed by atoms with Gasteiger partial charge in [0.25, 0.3) is 0 Å². The number of carboxylic acids is 1. The van der Waals surface area contributed by atoms with E-state index in [4.69, 9.17) is 9.84 Å². The average molecular weight is 370 g/mol. The third kappa shape index (κ3) is 3.83. The minimum Gasteiger partial charge on any atom is -0.503 e. The average Bonchev–Trinajstić information content (AvgIpc) is 2.91. The molecule has 2 N–H and O–H groups in total. The Balaban J connectivity index is 2.25. The van der Waals surface area contributed by atoms with Gasteiger partial charge in [-0.3, -0.25) is 0 Å². The predicted octanol–water partition coefficient (Wildman–Crippen LogP) is 3.88. The number of benzene rings is 1. The molecule has 0 unspecified atom stereocenters. The minimum atomic E-state index is -1.04.